The normalized spacial score (nSPS) is 16.2. The minimum Gasteiger partial charge on any atom is -0.481 e. The minimum absolute atomic E-state index is 0.0871. The average Bonchev–Trinajstić information content (AvgIpc) is 2.74. The van der Waals surface area contributed by atoms with Crippen LogP contribution in [0.4, 0.5) is 0 Å². The van der Waals surface area contributed by atoms with E-state index in [1.54, 1.807) is 0 Å². The van der Waals surface area contributed by atoms with Crippen molar-refractivity contribution in [1.29, 1.82) is 0 Å². The molecule has 0 radical (unpaired) electrons. The Kier molecular flexibility index (Phi) is 5.85. The van der Waals surface area contributed by atoms with Crippen molar-refractivity contribution in [3.05, 3.63) is 0 Å². The fraction of sp³-hybridized carbons (Fsp3) is 0.818. The molecular weight excluding hydrogens is 210 g/mol. The molecule has 0 bridgehead atoms. The molecule has 0 unspecified atom stereocenters. The Morgan fingerprint density at radius 1 is 1.31 bits per heavy atom. The molecule has 0 heterocycles. The molecule has 0 aromatic heterocycles. The molecule has 5 nitrogen and oxygen atoms in total. The van der Waals surface area contributed by atoms with Crippen molar-refractivity contribution < 1.29 is 19.4 Å². The fourth-order valence-corrected chi connectivity index (χ4v) is 1.77. The van der Waals surface area contributed by atoms with Gasteiger partial charge in [0.2, 0.25) is 5.91 Å². The number of ether oxygens (including phenoxy) is 1. The summed E-state index contributed by atoms with van der Waals surface area (Å²) in [6.45, 7) is 0.497. The summed E-state index contributed by atoms with van der Waals surface area (Å²) in [6, 6.07) is 0. The monoisotopic (exact) mass is 229 g/mol. The molecule has 0 aliphatic heterocycles. The van der Waals surface area contributed by atoms with E-state index in [2.05, 4.69) is 5.32 Å². The quantitative estimate of drug-likeness (QED) is 0.637. The van der Waals surface area contributed by atoms with E-state index in [9.17, 15) is 9.59 Å². The Balaban J connectivity index is 1.95. The number of rotatable bonds is 7. The minimum atomic E-state index is -0.837. The lowest BCUT2D eigenvalue weighted by atomic mass is 10.3. The maximum Gasteiger partial charge on any atom is 0.303 e. The van der Waals surface area contributed by atoms with Crippen molar-refractivity contribution in [3.8, 4) is 0 Å². The molecule has 1 saturated carbocycles. The van der Waals surface area contributed by atoms with Crippen molar-refractivity contribution in [2.75, 3.05) is 13.2 Å². The van der Waals surface area contributed by atoms with Gasteiger partial charge in [-0.15, -0.1) is 0 Å². The summed E-state index contributed by atoms with van der Waals surface area (Å²) in [5.41, 5.74) is 0. The smallest absolute Gasteiger partial charge is 0.303 e. The molecule has 1 fully saturated rings. The van der Waals surface area contributed by atoms with Gasteiger partial charge in [0.25, 0.3) is 0 Å². The molecule has 1 rings (SSSR count). The van der Waals surface area contributed by atoms with E-state index in [0.717, 1.165) is 12.8 Å². The number of amides is 1. The van der Waals surface area contributed by atoms with Gasteiger partial charge in [-0.05, 0) is 19.3 Å². The second-order valence-corrected chi connectivity index (χ2v) is 4.06. The van der Waals surface area contributed by atoms with E-state index >= 15 is 0 Å². The lowest BCUT2D eigenvalue weighted by Gasteiger charge is -2.10. The first-order valence-electron chi connectivity index (χ1n) is 5.78. The van der Waals surface area contributed by atoms with Gasteiger partial charge in [-0.2, -0.15) is 0 Å². The van der Waals surface area contributed by atoms with E-state index < -0.39 is 5.97 Å². The van der Waals surface area contributed by atoms with Gasteiger partial charge in [0.1, 0.15) is 6.61 Å². The summed E-state index contributed by atoms with van der Waals surface area (Å²) in [5.74, 6) is -0.992. The molecule has 5 heteroatoms. The molecule has 1 aliphatic rings. The van der Waals surface area contributed by atoms with E-state index in [-0.39, 0.29) is 25.0 Å². The highest BCUT2D eigenvalue weighted by molar-refractivity contribution is 5.77. The summed E-state index contributed by atoms with van der Waals surface area (Å²) in [5, 5.41) is 11.0. The summed E-state index contributed by atoms with van der Waals surface area (Å²) < 4.78 is 5.41. The molecule has 1 aliphatic carbocycles. The summed E-state index contributed by atoms with van der Waals surface area (Å²) in [4.78, 5) is 21.5. The van der Waals surface area contributed by atoms with Crippen LogP contribution in [0.5, 0.6) is 0 Å². The first kappa shape index (κ1) is 13.0. The van der Waals surface area contributed by atoms with Crippen LogP contribution >= 0.6 is 0 Å². The summed E-state index contributed by atoms with van der Waals surface area (Å²) in [6.07, 6.45) is 5.26. The Morgan fingerprint density at radius 2 is 2.00 bits per heavy atom. The Labute approximate surface area is 95.2 Å². The highest BCUT2D eigenvalue weighted by atomic mass is 16.5. The lowest BCUT2D eigenvalue weighted by Crippen LogP contribution is -2.30. The average molecular weight is 229 g/mol. The third kappa shape index (κ3) is 5.70. The van der Waals surface area contributed by atoms with Crippen LogP contribution in [0.1, 0.15) is 38.5 Å². The number of carboxylic acid groups (broad SMARTS) is 1. The largest absolute Gasteiger partial charge is 0.481 e. The second-order valence-electron chi connectivity index (χ2n) is 4.06. The molecule has 0 saturated heterocycles. The Hall–Kier alpha value is -1.10. The number of carbonyl (C=O) groups excluding carboxylic acids is 1. The predicted molar refractivity (Wildman–Crippen MR) is 58.1 cm³/mol. The van der Waals surface area contributed by atoms with E-state index in [1.807, 2.05) is 0 Å². The first-order valence-corrected chi connectivity index (χ1v) is 5.78. The SMILES string of the molecule is O=C(O)CCCNC(=O)COC1CCCC1. The zero-order valence-electron chi connectivity index (χ0n) is 9.41. The van der Waals surface area contributed by atoms with Gasteiger partial charge in [-0.3, -0.25) is 9.59 Å². The Bertz CT molecular complexity index is 236. The van der Waals surface area contributed by atoms with Crippen LogP contribution < -0.4 is 5.32 Å². The van der Waals surface area contributed by atoms with Crippen molar-refractivity contribution >= 4 is 11.9 Å². The molecule has 0 aromatic rings. The van der Waals surface area contributed by atoms with Crippen molar-refractivity contribution in [1.82, 2.24) is 5.32 Å². The summed E-state index contributed by atoms with van der Waals surface area (Å²) in [7, 11) is 0. The van der Waals surface area contributed by atoms with Gasteiger partial charge in [0.05, 0.1) is 6.10 Å². The van der Waals surface area contributed by atoms with Crippen LogP contribution in [0.2, 0.25) is 0 Å². The number of hydrogen-bond donors (Lipinski definition) is 2. The van der Waals surface area contributed by atoms with Gasteiger partial charge >= 0.3 is 5.97 Å². The van der Waals surface area contributed by atoms with Crippen LogP contribution in [0, 0.1) is 0 Å². The molecular formula is C11H19NO4. The maximum atomic E-state index is 11.3. The van der Waals surface area contributed by atoms with Crippen LogP contribution in [-0.4, -0.2) is 36.2 Å². The maximum absolute atomic E-state index is 11.3. The molecule has 0 atom stereocenters. The lowest BCUT2D eigenvalue weighted by molar-refractivity contribution is -0.137. The third-order valence-electron chi connectivity index (χ3n) is 2.64. The highest BCUT2D eigenvalue weighted by Crippen LogP contribution is 2.20. The number of nitrogens with one attached hydrogen (secondary N) is 1. The zero-order valence-corrected chi connectivity index (χ0v) is 9.41. The third-order valence-corrected chi connectivity index (χ3v) is 2.64. The predicted octanol–water partition coefficient (Wildman–Crippen LogP) is 0.927. The van der Waals surface area contributed by atoms with E-state index in [4.69, 9.17) is 9.84 Å². The second kappa shape index (κ2) is 7.22. The van der Waals surface area contributed by atoms with Gasteiger partial charge in [0, 0.05) is 13.0 Å². The molecule has 2 N–H and O–H groups in total. The topological polar surface area (TPSA) is 75.6 Å². The van der Waals surface area contributed by atoms with E-state index in [0.29, 0.717) is 13.0 Å². The van der Waals surface area contributed by atoms with Crippen LogP contribution in [0.3, 0.4) is 0 Å². The molecule has 0 spiro atoms. The van der Waals surface area contributed by atoms with Crippen molar-refractivity contribution in [2.24, 2.45) is 0 Å². The zero-order chi connectivity index (χ0) is 11.8. The van der Waals surface area contributed by atoms with Crippen molar-refractivity contribution in [2.45, 2.75) is 44.6 Å². The molecule has 0 aromatic carbocycles. The van der Waals surface area contributed by atoms with Crippen LogP contribution in [-0.2, 0) is 14.3 Å². The van der Waals surface area contributed by atoms with Gasteiger partial charge in [-0.25, -0.2) is 0 Å². The van der Waals surface area contributed by atoms with Gasteiger partial charge in [-0.1, -0.05) is 12.8 Å². The van der Waals surface area contributed by atoms with Crippen LogP contribution in [0.25, 0.3) is 0 Å². The molecule has 1 amide bonds. The Morgan fingerprint density at radius 3 is 2.62 bits per heavy atom. The molecule has 92 valence electrons. The number of carbonyl (C=O) groups is 2. The summed E-state index contributed by atoms with van der Waals surface area (Å²) >= 11 is 0. The number of carboxylic acids is 1. The number of hydrogen-bond acceptors (Lipinski definition) is 3. The molecule has 16 heavy (non-hydrogen) atoms. The fourth-order valence-electron chi connectivity index (χ4n) is 1.77. The van der Waals surface area contributed by atoms with E-state index in [1.165, 1.54) is 12.8 Å². The van der Waals surface area contributed by atoms with Gasteiger partial charge < -0.3 is 15.2 Å². The highest BCUT2D eigenvalue weighted by Gasteiger charge is 2.16. The van der Waals surface area contributed by atoms with Crippen molar-refractivity contribution in [3.63, 3.8) is 0 Å². The standard InChI is InChI=1S/C11H19NO4/c13-10(12-7-3-6-11(14)15)8-16-9-4-1-2-5-9/h9H,1-8H2,(H,12,13)(H,14,15). The van der Waals surface area contributed by atoms with Crippen LogP contribution in [0.15, 0.2) is 0 Å². The number of aliphatic carboxylic acids is 1. The van der Waals surface area contributed by atoms with Gasteiger partial charge in [0.15, 0.2) is 0 Å². The first-order chi connectivity index (χ1) is 7.68.